The third-order valence-electron chi connectivity index (χ3n) is 5.93. The molecule has 192 valence electrons. The number of nitrogen functional groups attached to an aromatic ring is 1. The molecule has 0 unspecified atom stereocenters. The molecule has 0 saturated carbocycles. The van der Waals surface area contributed by atoms with E-state index in [9.17, 15) is 4.79 Å². The number of hydrogen-bond donors (Lipinski definition) is 4. The highest BCUT2D eigenvalue weighted by atomic mass is 79.9. The van der Waals surface area contributed by atoms with E-state index in [0.29, 0.717) is 39.4 Å². The monoisotopic (exact) mass is 579 g/mol. The minimum atomic E-state index is -0.323. The van der Waals surface area contributed by atoms with Gasteiger partial charge in [0.2, 0.25) is 0 Å². The molecule has 0 aliphatic heterocycles. The Bertz CT molecular complexity index is 1400. The number of amides is 1. The smallest absolute Gasteiger partial charge is 0.258 e. The summed E-state index contributed by atoms with van der Waals surface area (Å²) in [5, 5.41) is 16.4. The number of aromatic nitrogens is 2. The van der Waals surface area contributed by atoms with E-state index in [0.717, 1.165) is 37.2 Å². The molecule has 0 fully saturated rings. The van der Waals surface area contributed by atoms with E-state index in [4.69, 9.17) is 11.1 Å². The first-order valence-corrected chi connectivity index (χ1v) is 13.8. The van der Waals surface area contributed by atoms with Crippen LogP contribution in [0, 0.1) is 5.41 Å². The van der Waals surface area contributed by atoms with Crippen molar-refractivity contribution in [3.05, 3.63) is 70.9 Å². The number of nitrogens with one attached hydrogen (secondary N) is 3. The average Bonchev–Trinajstić information content (AvgIpc) is 3.33. The Morgan fingerprint density at radius 2 is 1.78 bits per heavy atom. The van der Waals surface area contributed by atoms with E-state index in [1.807, 2.05) is 12.1 Å². The van der Waals surface area contributed by atoms with Gasteiger partial charge in [0.05, 0.1) is 27.0 Å². The zero-order valence-electron chi connectivity index (χ0n) is 20.8. The van der Waals surface area contributed by atoms with Gasteiger partial charge < -0.3 is 21.3 Å². The zero-order chi connectivity index (χ0) is 26.4. The number of anilines is 4. The Morgan fingerprint density at radius 1 is 1.08 bits per heavy atom. The standard InChI is InChI=1S/C27H30BrN7OS/c1-3-12-35(13-4-2)18-10-8-17(9-11-18)14-31-20-6-5-7-21(22(20)25(28)29)34-27(36)19-15-37-24-23(19)32-16-33-26(24)30/h5-11,15-16,29,31H,3-4,12-14H2,1-2H3,(H,34,36)(H2,30,32,33). The Morgan fingerprint density at radius 3 is 2.46 bits per heavy atom. The van der Waals surface area contributed by atoms with E-state index < -0.39 is 0 Å². The molecule has 37 heavy (non-hydrogen) atoms. The van der Waals surface area contributed by atoms with E-state index in [-0.39, 0.29) is 10.5 Å². The van der Waals surface area contributed by atoms with Crippen LogP contribution in [0.3, 0.4) is 0 Å². The molecular weight excluding hydrogens is 550 g/mol. The first kappa shape index (κ1) is 26.6. The van der Waals surface area contributed by atoms with Crippen molar-refractivity contribution in [2.24, 2.45) is 0 Å². The number of halogens is 1. The summed E-state index contributed by atoms with van der Waals surface area (Å²) in [7, 11) is 0. The van der Waals surface area contributed by atoms with Crippen LogP contribution in [0.2, 0.25) is 0 Å². The molecule has 2 heterocycles. The molecule has 5 N–H and O–H groups in total. The quantitative estimate of drug-likeness (QED) is 0.151. The van der Waals surface area contributed by atoms with Gasteiger partial charge in [-0.2, -0.15) is 0 Å². The van der Waals surface area contributed by atoms with Crippen molar-refractivity contribution < 1.29 is 4.79 Å². The van der Waals surface area contributed by atoms with Gasteiger partial charge >= 0.3 is 0 Å². The minimum absolute atomic E-state index is 0.165. The van der Waals surface area contributed by atoms with Crippen LogP contribution in [0.25, 0.3) is 10.2 Å². The second-order valence-electron chi connectivity index (χ2n) is 8.59. The van der Waals surface area contributed by atoms with Crippen LogP contribution in [-0.4, -0.2) is 33.6 Å². The zero-order valence-corrected chi connectivity index (χ0v) is 23.2. The maximum absolute atomic E-state index is 13.1. The SMILES string of the molecule is CCCN(CCC)c1ccc(CNc2cccc(NC(=O)c3csc4c(N)ncnc34)c2C(=N)Br)cc1. The Kier molecular flexibility index (Phi) is 8.73. The van der Waals surface area contributed by atoms with Crippen molar-refractivity contribution in [1.29, 1.82) is 5.41 Å². The van der Waals surface area contributed by atoms with E-state index in [1.54, 1.807) is 11.4 Å². The van der Waals surface area contributed by atoms with Crippen molar-refractivity contribution in [2.75, 3.05) is 34.4 Å². The lowest BCUT2D eigenvalue weighted by Gasteiger charge is -2.24. The maximum Gasteiger partial charge on any atom is 0.258 e. The minimum Gasteiger partial charge on any atom is -0.382 e. The van der Waals surface area contributed by atoms with Crippen molar-refractivity contribution >= 4 is 70.9 Å². The predicted molar refractivity (Wildman–Crippen MR) is 159 cm³/mol. The molecule has 2 aromatic carbocycles. The van der Waals surface area contributed by atoms with Crippen LogP contribution in [0.1, 0.15) is 48.2 Å². The highest BCUT2D eigenvalue weighted by molar-refractivity contribution is 9.18. The number of hydrogen-bond acceptors (Lipinski definition) is 8. The third kappa shape index (κ3) is 6.08. The number of nitrogens with two attached hydrogens (primary N) is 1. The van der Waals surface area contributed by atoms with Crippen LogP contribution in [0.5, 0.6) is 0 Å². The highest BCUT2D eigenvalue weighted by Gasteiger charge is 2.19. The summed E-state index contributed by atoms with van der Waals surface area (Å²) in [6.45, 7) is 7.06. The second kappa shape index (κ2) is 12.2. The largest absolute Gasteiger partial charge is 0.382 e. The van der Waals surface area contributed by atoms with Gasteiger partial charge in [0.25, 0.3) is 5.91 Å². The first-order valence-electron chi connectivity index (χ1n) is 12.2. The molecule has 0 aliphatic carbocycles. The molecule has 10 heteroatoms. The lowest BCUT2D eigenvalue weighted by molar-refractivity contribution is 0.102. The molecule has 4 aromatic rings. The molecular formula is C27H30BrN7OS. The average molecular weight is 581 g/mol. The van der Waals surface area contributed by atoms with Gasteiger partial charge in [-0.1, -0.05) is 32.0 Å². The van der Waals surface area contributed by atoms with Gasteiger partial charge in [-0.15, -0.1) is 11.3 Å². The molecule has 0 radical (unpaired) electrons. The lowest BCUT2D eigenvalue weighted by atomic mass is 10.1. The predicted octanol–water partition coefficient (Wildman–Crippen LogP) is 6.48. The summed E-state index contributed by atoms with van der Waals surface area (Å²) in [5.74, 6) is 0.0236. The Balaban J connectivity index is 1.51. The van der Waals surface area contributed by atoms with Gasteiger partial charge in [-0.25, -0.2) is 9.97 Å². The summed E-state index contributed by atoms with van der Waals surface area (Å²) in [6, 6.07) is 14.1. The van der Waals surface area contributed by atoms with Gasteiger partial charge in [-0.3, -0.25) is 10.2 Å². The molecule has 8 nitrogen and oxygen atoms in total. The van der Waals surface area contributed by atoms with Crippen LogP contribution in [0.15, 0.2) is 54.2 Å². The van der Waals surface area contributed by atoms with Gasteiger partial charge in [-0.05, 0) is 58.6 Å². The van der Waals surface area contributed by atoms with Crippen LogP contribution < -0.4 is 21.3 Å². The van der Waals surface area contributed by atoms with Crippen molar-refractivity contribution in [1.82, 2.24) is 9.97 Å². The molecule has 0 aliphatic rings. The van der Waals surface area contributed by atoms with Crippen molar-refractivity contribution in [2.45, 2.75) is 33.2 Å². The summed E-state index contributed by atoms with van der Waals surface area (Å²) in [6.07, 6.45) is 3.58. The number of carbonyl (C=O) groups is 1. The summed E-state index contributed by atoms with van der Waals surface area (Å²) >= 11 is 4.63. The molecule has 2 aromatic heterocycles. The Hall–Kier alpha value is -3.50. The van der Waals surface area contributed by atoms with Gasteiger partial charge in [0.15, 0.2) is 0 Å². The van der Waals surface area contributed by atoms with Crippen LogP contribution >= 0.6 is 27.3 Å². The lowest BCUT2D eigenvalue weighted by Crippen LogP contribution is -2.24. The first-order chi connectivity index (χ1) is 17.9. The number of nitrogens with zero attached hydrogens (tertiary/aromatic N) is 3. The molecule has 4 rings (SSSR count). The fraction of sp³-hybridized carbons (Fsp3) is 0.259. The fourth-order valence-electron chi connectivity index (χ4n) is 4.19. The van der Waals surface area contributed by atoms with E-state index in [2.05, 4.69) is 79.5 Å². The summed E-state index contributed by atoms with van der Waals surface area (Å²) in [5.41, 5.74) is 11.0. The van der Waals surface area contributed by atoms with Crippen LogP contribution in [-0.2, 0) is 6.54 Å². The number of thiophene rings is 1. The third-order valence-corrected chi connectivity index (χ3v) is 7.32. The molecule has 0 saturated heterocycles. The number of carbonyl (C=O) groups excluding carboxylic acids is 1. The molecule has 1 amide bonds. The molecule has 0 spiro atoms. The summed E-state index contributed by atoms with van der Waals surface area (Å²) < 4.78 is 0.841. The number of fused-ring (bicyclic) bond motifs is 1. The summed E-state index contributed by atoms with van der Waals surface area (Å²) in [4.78, 5) is 23.8. The molecule has 0 atom stereocenters. The van der Waals surface area contributed by atoms with Gasteiger partial charge in [0, 0.05) is 36.4 Å². The highest BCUT2D eigenvalue weighted by Crippen LogP contribution is 2.31. The second-order valence-corrected chi connectivity index (χ2v) is 10.3. The van der Waals surface area contributed by atoms with E-state index >= 15 is 0 Å². The van der Waals surface area contributed by atoms with Crippen LogP contribution in [0.4, 0.5) is 22.9 Å². The molecule has 0 bridgehead atoms. The topological polar surface area (TPSA) is 120 Å². The van der Waals surface area contributed by atoms with Gasteiger partial charge in [0.1, 0.15) is 16.8 Å². The Labute approximate surface area is 229 Å². The number of benzene rings is 2. The van der Waals surface area contributed by atoms with Crippen molar-refractivity contribution in [3.8, 4) is 0 Å². The van der Waals surface area contributed by atoms with Crippen molar-refractivity contribution in [3.63, 3.8) is 0 Å². The fourth-order valence-corrected chi connectivity index (χ4v) is 5.52. The number of rotatable bonds is 11. The van der Waals surface area contributed by atoms with E-state index in [1.165, 1.54) is 23.4 Å². The maximum atomic E-state index is 13.1. The normalized spacial score (nSPS) is 10.9.